The number of rotatable bonds is 1. The third kappa shape index (κ3) is 0.808. The summed E-state index contributed by atoms with van der Waals surface area (Å²) in [7, 11) is 0. The van der Waals surface area contributed by atoms with E-state index < -0.39 is 0 Å². The minimum absolute atomic E-state index is 0.259. The molecule has 0 fully saturated rings. The normalized spacial score (nSPS) is 11.5. The van der Waals surface area contributed by atoms with E-state index in [1.807, 2.05) is 0 Å². The smallest absolute Gasteiger partial charge is 0.245 e. The van der Waals surface area contributed by atoms with E-state index in [-0.39, 0.29) is 18.0 Å². The first kappa shape index (κ1) is 7.26. The van der Waals surface area contributed by atoms with Crippen molar-refractivity contribution in [1.29, 1.82) is 0 Å². The molecule has 70 valence electrons. The van der Waals surface area contributed by atoms with Crippen molar-refractivity contribution in [2.24, 2.45) is 0 Å². The first-order valence-electron chi connectivity index (χ1n) is 3.69. The molecule has 0 bridgehead atoms. The van der Waals surface area contributed by atoms with Crippen LogP contribution in [-0.2, 0) is 6.73 Å². The van der Waals surface area contributed by atoms with Crippen LogP contribution < -0.4 is 0 Å². The molecule has 0 aliphatic carbocycles. The summed E-state index contributed by atoms with van der Waals surface area (Å²) in [5.74, 6) is 0. The number of fused-ring (bicyclic) bond motifs is 2. The standard InChI is InChI=1S/C5H3N7O2/c13-1-12-5-4(8-11-12)6-2-3(7-5)10-14-9-2/h13H,1H2. The summed E-state index contributed by atoms with van der Waals surface area (Å²) in [5.41, 5.74) is 1.16. The summed E-state index contributed by atoms with van der Waals surface area (Å²) in [4.78, 5) is 7.99. The molecule has 0 radical (unpaired) electrons. The third-order valence-electron chi connectivity index (χ3n) is 1.70. The fourth-order valence-electron chi connectivity index (χ4n) is 1.10. The molecule has 0 amide bonds. The summed E-state index contributed by atoms with van der Waals surface area (Å²) < 4.78 is 5.63. The molecule has 3 aromatic heterocycles. The lowest BCUT2D eigenvalue weighted by Gasteiger charge is -1.91. The number of aromatic nitrogens is 7. The van der Waals surface area contributed by atoms with Crippen molar-refractivity contribution in [1.82, 2.24) is 35.3 Å². The van der Waals surface area contributed by atoms with E-state index in [0.29, 0.717) is 11.3 Å². The fraction of sp³-hybridized carbons (Fsp3) is 0.200. The highest BCUT2D eigenvalue weighted by Crippen LogP contribution is 2.09. The van der Waals surface area contributed by atoms with Crippen LogP contribution in [0.25, 0.3) is 22.6 Å². The highest BCUT2D eigenvalue weighted by Gasteiger charge is 2.11. The van der Waals surface area contributed by atoms with Gasteiger partial charge in [-0.25, -0.2) is 4.63 Å². The van der Waals surface area contributed by atoms with Gasteiger partial charge in [0.2, 0.25) is 22.6 Å². The predicted molar refractivity (Wildman–Crippen MR) is 40.7 cm³/mol. The first-order chi connectivity index (χ1) is 6.88. The van der Waals surface area contributed by atoms with Crippen LogP contribution >= 0.6 is 0 Å². The van der Waals surface area contributed by atoms with Crippen LogP contribution in [0.2, 0.25) is 0 Å². The molecule has 0 saturated carbocycles. The molecule has 9 heteroatoms. The van der Waals surface area contributed by atoms with Crippen LogP contribution in [0.1, 0.15) is 0 Å². The molecule has 1 N–H and O–H groups in total. The van der Waals surface area contributed by atoms with E-state index in [1.54, 1.807) is 0 Å². The Morgan fingerprint density at radius 3 is 2.71 bits per heavy atom. The summed E-state index contributed by atoms with van der Waals surface area (Å²) in [6.07, 6.45) is 0. The summed E-state index contributed by atoms with van der Waals surface area (Å²) in [6, 6.07) is 0. The molecule has 0 saturated heterocycles. The van der Waals surface area contributed by atoms with Crippen LogP contribution in [-0.4, -0.2) is 40.4 Å². The van der Waals surface area contributed by atoms with E-state index in [9.17, 15) is 0 Å². The maximum absolute atomic E-state index is 8.88. The molecule has 0 spiro atoms. The second-order valence-electron chi connectivity index (χ2n) is 2.51. The molecule has 14 heavy (non-hydrogen) atoms. The topological polar surface area (TPSA) is 116 Å². The third-order valence-corrected chi connectivity index (χ3v) is 1.70. The van der Waals surface area contributed by atoms with E-state index in [0.717, 1.165) is 0 Å². The molecule has 0 aromatic carbocycles. The lowest BCUT2D eigenvalue weighted by atomic mass is 10.6. The quantitative estimate of drug-likeness (QED) is 0.507. The predicted octanol–water partition coefficient (Wildman–Crippen LogP) is -1.29. The van der Waals surface area contributed by atoms with Gasteiger partial charge in [-0.15, -0.1) is 5.10 Å². The Bertz CT molecular complexity index is 598. The number of hydrogen-bond donors (Lipinski definition) is 1. The first-order valence-corrected chi connectivity index (χ1v) is 3.69. The highest BCUT2D eigenvalue weighted by molar-refractivity contribution is 5.76. The minimum Gasteiger partial charge on any atom is -0.374 e. The van der Waals surface area contributed by atoms with Gasteiger partial charge in [0.15, 0.2) is 0 Å². The second-order valence-corrected chi connectivity index (χ2v) is 2.51. The van der Waals surface area contributed by atoms with E-state index in [1.165, 1.54) is 4.68 Å². The zero-order valence-corrected chi connectivity index (χ0v) is 6.69. The molecule has 3 aromatic rings. The molecule has 0 aliphatic heterocycles. The number of hydrogen-bond acceptors (Lipinski definition) is 8. The Morgan fingerprint density at radius 2 is 1.93 bits per heavy atom. The Balaban J connectivity index is 2.47. The van der Waals surface area contributed by atoms with Gasteiger partial charge in [-0.3, -0.25) is 0 Å². The van der Waals surface area contributed by atoms with Crippen molar-refractivity contribution in [3.05, 3.63) is 0 Å². The molecule has 3 heterocycles. The van der Waals surface area contributed by atoms with Gasteiger partial charge in [0.25, 0.3) is 0 Å². The van der Waals surface area contributed by atoms with Crippen molar-refractivity contribution in [3.8, 4) is 0 Å². The molecular formula is C5H3N7O2. The average Bonchev–Trinajstić information content (AvgIpc) is 2.78. The SMILES string of the molecule is OCn1nnc2nc3nonc3nc21. The summed E-state index contributed by atoms with van der Waals surface area (Å²) >= 11 is 0. The van der Waals surface area contributed by atoms with Crippen molar-refractivity contribution in [2.45, 2.75) is 6.73 Å². The minimum atomic E-state index is -0.317. The van der Waals surface area contributed by atoms with Gasteiger partial charge in [-0.1, -0.05) is 5.21 Å². The van der Waals surface area contributed by atoms with Crippen LogP contribution in [0, 0.1) is 0 Å². The second kappa shape index (κ2) is 2.42. The Morgan fingerprint density at radius 1 is 1.14 bits per heavy atom. The maximum Gasteiger partial charge on any atom is 0.245 e. The average molecular weight is 193 g/mol. The molecular weight excluding hydrogens is 190 g/mol. The Hall–Kier alpha value is -2.16. The lowest BCUT2D eigenvalue weighted by molar-refractivity contribution is 0.197. The van der Waals surface area contributed by atoms with Gasteiger partial charge in [0.05, 0.1) is 0 Å². The molecule has 0 aliphatic rings. The van der Waals surface area contributed by atoms with Gasteiger partial charge in [0.1, 0.15) is 6.73 Å². The van der Waals surface area contributed by atoms with Crippen molar-refractivity contribution >= 4 is 22.6 Å². The van der Waals surface area contributed by atoms with E-state index >= 15 is 0 Å². The monoisotopic (exact) mass is 193 g/mol. The van der Waals surface area contributed by atoms with Crippen LogP contribution in [0.4, 0.5) is 0 Å². The highest BCUT2D eigenvalue weighted by atomic mass is 16.6. The van der Waals surface area contributed by atoms with Crippen LogP contribution in [0.3, 0.4) is 0 Å². The van der Waals surface area contributed by atoms with Gasteiger partial charge in [0, 0.05) is 0 Å². The maximum atomic E-state index is 8.88. The molecule has 3 rings (SSSR count). The fourth-order valence-corrected chi connectivity index (χ4v) is 1.10. The van der Waals surface area contributed by atoms with Crippen LogP contribution in [0.5, 0.6) is 0 Å². The zero-order chi connectivity index (χ0) is 9.54. The number of nitrogens with zero attached hydrogens (tertiary/aromatic N) is 7. The van der Waals surface area contributed by atoms with Gasteiger partial charge in [-0.2, -0.15) is 14.6 Å². The van der Waals surface area contributed by atoms with Crippen LogP contribution in [0.15, 0.2) is 4.63 Å². The van der Waals surface area contributed by atoms with Gasteiger partial charge in [-0.05, 0) is 10.3 Å². The van der Waals surface area contributed by atoms with Crippen molar-refractivity contribution < 1.29 is 9.74 Å². The summed E-state index contributed by atoms with van der Waals surface area (Å²) in [5, 5.41) is 23.2. The van der Waals surface area contributed by atoms with E-state index in [2.05, 4.69) is 35.2 Å². The lowest BCUT2D eigenvalue weighted by Crippen LogP contribution is -2.00. The Kier molecular flexibility index (Phi) is 1.25. The summed E-state index contributed by atoms with van der Waals surface area (Å²) in [6.45, 7) is -0.317. The van der Waals surface area contributed by atoms with Gasteiger partial charge < -0.3 is 5.11 Å². The number of aliphatic hydroxyl groups excluding tert-OH is 1. The zero-order valence-electron chi connectivity index (χ0n) is 6.69. The van der Waals surface area contributed by atoms with Crippen molar-refractivity contribution in [3.63, 3.8) is 0 Å². The van der Waals surface area contributed by atoms with Crippen molar-refractivity contribution in [2.75, 3.05) is 0 Å². The van der Waals surface area contributed by atoms with Gasteiger partial charge >= 0.3 is 0 Å². The molecule has 0 unspecified atom stereocenters. The van der Waals surface area contributed by atoms with E-state index in [4.69, 9.17) is 5.11 Å². The largest absolute Gasteiger partial charge is 0.374 e. The molecule has 9 nitrogen and oxygen atoms in total. The molecule has 0 atom stereocenters. The number of aliphatic hydroxyl groups is 1. The Labute approximate surface area is 75.3 Å².